The van der Waals surface area contributed by atoms with Gasteiger partial charge in [0.05, 0.1) is 17.2 Å². The third-order valence-electron chi connectivity index (χ3n) is 3.18. The van der Waals surface area contributed by atoms with Crippen LogP contribution in [-0.4, -0.2) is 9.55 Å². The van der Waals surface area contributed by atoms with Crippen LogP contribution in [0, 0.1) is 0 Å². The quantitative estimate of drug-likeness (QED) is 0.808. The van der Waals surface area contributed by atoms with E-state index in [1.54, 1.807) is 10.9 Å². The molecule has 1 heterocycles. The molecule has 2 aromatic rings. The summed E-state index contributed by atoms with van der Waals surface area (Å²) in [5, 5.41) is 0.713. The minimum atomic E-state index is 0.0795. The summed E-state index contributed by atoms with van der Waals surface area (Å²) in [5.41, 5.74) is 0.857. The van der Waals surface area contributed by atoms with Crippen LogP contribution in [0.2, 0.25) is 0 Å². The largest absolute Gasteiger partial charge is 0.296 e. The average Bonchev–Trinajstić information content (AvgIpc) is 2.37. The number of hydrogen-bond donors (Lipinski definition) is 0. The van der Waals surface area contributed by atoms with Gasteiger partial charge in [-0.25, -0.2) is 4.98 Å². The van der Waals surface area contributed by atoms with E-state index in [4.69, 9.17) is 0 Å². The van der Waals surface area contributed by atoms with Crippen molar-refractivity contribution < 1.29 is 0 Å². The Bertz CT molecular complexity index is 559. The summed E-state index contributed by atoms with van der Waals surface area (Å²) >= 11 is 0. The van der Waals surface area contributed by atoms with Crippen molar-refractivity contribution in [1.82, 2.24) is 9.55 Å². The van der Waals surface area contributed by atoms with Gasteiger partial charge in [0, 0.05) is 6.04 Å². The SMILES string of the molecule is CCCC(CC)n1cnc2ccccc2c1=O. The Balaban J connectivity index is 2.55. The van der Waals surface area contributed by atoms with E-state index < -0.39 is 0 Å². The molecule has 0 saturated heterocycles. The number of rotatable bonds is 4. The number of aromatic nitrogens is 2. The lowest BCUT2D eigenvalue weighted by atomic mass is 10.1. The first kappa shape index (κ1) is 11.8. The lowest BCUT2D eigenvalue weighted by molar-refractivity contribution is 0.433. The monoisotopic (exact) mass is 230 g/mol. The maximum absolute atomic E-state index is 12.3. The Hall–Kier alpha value is -1.64. The molecule has 0 bridgehead atoms. The molecule has 0 fully saturated rings. The Morgan fingerprint density at radius 2 is 2.06 bits per heavy atom. The first-order chi connectivity index (χ1) is 8.27. The summed E-state index contributed by atoms with van der Waals surface area (Å²) in [5.74, 6) is 0. The van der Waals surface area contributed by atoms with Crippen LogP contribution in [0.3, 0.4) is 0 Å². The smallest absolute Gasteiger partial charge is 0.261 e. The number of nitrogens with zero attached hydrogens (tertiary/aromatic N) is 2. The number of fused-ring (bicyclic) bond motifs is 1. The lowest BCUT2D eigenvalue weighted by Crippen LogP contribution is -2.24. The zero-order valence-corrected chi connectivity index (χ0v) is 10.4. The average molecular weight is 230 g/mol. The highest BCUT2D eigenvalue weighted by Gasteiger charge is 2.11. The predicted octanol–water partition coefficient (Wildman–Crippen LogP) is 3.15. The molecule has 0 amide bonds. The van der Waals surface area contributed by atoms with Crippen molar-refractivity contribution in [2.75, 3.05) is 0 Å². The summed E-state index contributed by atoms with van der Waals surface area (Å²) < 4.78 is 1.78. The van der Waals surface area contributed by atoms with Gasteiger partial charge in [-0.3, -0.25) is 9.36 Å². The molecule has 0 aliphatic heterocycles. The summed E-state index contributed by atoms with van der Waals surface area (Å²) in [6.07, 6.45) is 4.76. The third kappa shape index (κ3) is 2.23. The molecule has 0 saturated carbocycles. The molecular formula is C14H18N2O. The summed E-state index contributed by atoms with van der Waals surface area (Å²) in [6, 6.07) is 7.78. The number of benzene rings is 1. The summed E-state index contributed by atoms with van der Waals surface area (Å²) in [6.45, 7) is 4.25. The minimum absolute atomic E-state index is 0.0795. The van der Waals surface area contributed by atoms with Crippen molar-refractivity contribution in [1.29, 1.82) is 0 Å². The van der Waals surface area contributed by atoms with Crippen molar-refractivity contribution in [3.05, 3.63) is 40.9 Å². The van der Waals surface area contributed by atoms with Gasteiger partial charge < -0.3 is 0 Å². The maximum atomic E-state index is 12.3. The van der Waals surface area contributed by atoms with E-state index in [-0.39, 0.29) is 11.6 Å². The molecule has 1 aromatic carbocycles. The summed E-state index contributed by atoms with van der Waals surface area (Å²) in [7, 11) is 0. The second-order valence-corrected chi connectivity index (χ2v) is 4.32. The van der Waals surface area contributed by atoms with E-state index in [0.717, 1.165) is 24.8 Å². The van der Waals surface area contributed by atoms with E-state index in [9.17, 15) is 4.79 Å². The Kier molecular flexibility index (Phi) is 3.57. The Morgan fingerprint density at radius 1 is 1.29 bits per heavy atom. The van der Waals surface area contributed by atoms with Gasteiger partial charge in [0.25, 0.3) is 5.56 Å². The molecule has 17 heavy (non-hydrogen) atoms. The fourth-order valence-electron chi connectivity index (χ4n) is 2.22. The second-order valence-electron chi connectivity index (χ2n) is 4.32. The molecule has 2 rings (SSSR count). The molecule has 0 aliphatic carbocycles. The second kappa shape index (κ2) is 5.13. The fraction of sp³-hybridized carbons (Fsp3) is 0.429. The highest BCUT2D eigenvalue weighted by Crippen LogP contribution is 2.16. The van der Waals surface area contributed by atoms with Crippen LogP contribution >= 0.6 is 0 Å². The zero-order valence-electron chi connectivity index (χ0n) is 10.4. The molecule has 3 heteroatoms. The van der Waals surface area contributed by atoms with Gasteiger partial charge in [-0.05, 0) is 25.0 Å². The van der Waals surface area contributed by atoms with Crippen LogP contribution < -0.4 is 5.56 Å². The first-order valence-corrected chi connectivity index (χ1v) is 6.23. The molecule has 3 nitrogen and oxygen atoms in total. The topological polar surface area (TPSA) is 34.9 Å². The predicted molar refractivity (Wildman–Crippen MR) is 70.2 cm³/mol. The van der Waals surface area contributed by atoms with Crippen LogP contribution in [0.15, 0.2) is 35.4 Å². The van der Waals surface area contributed by atoms with E-state index in [1.165, 1.54) is 0 Å². The highest BCUT2D eigenvalue weighted by atomic mass is 16.1. The van der Waals surface area contributed by atoms with E-state index in [0.29, 0.717) is 5.39 Å². The zero-order chi connectivity index (χ0) is 12.3. The molecular weight excluding hydrogens is 212 g/mol. The van der Waals surface area contributed by atoms with Crippen molar-refractivity contribution >= 4 is 10.9 Å². The van der Waals surface area contributed by atoms with Gasteiger partial charge in [-0.1, -0.05) is 32.4 Å². The van der Waals surface area contributed by atoms with Crippen molar-refractivity contribution in [2.24, 2.45) is 0 Å². The van der Waals surface area contributed by atoms with Crippen LogP contribution in [0.1, 0.15) is 39.2 Å². The van der Waals surface area contributed by atoms with Crippen LogP contribution in [-0.2, 0) is 0 Å². The van der Waals surface area contributed by atoms with E-state index in [2.05, 4.69) is 18.8 Å². The van der Waals surface area contributed by atoms with E-state index >= 15 is 0 Å². The third-order valence-corrected chi connectivity index (χ3v) is 3.18. The minimum Gasteiger partial charge on any atom is -0.296 e. The van der Waals surface area contributed by atoms with Gasteiger partial charge >= 0.3 is 0 Å². The van der Waals surface area contributed by atoms with Gasteiger partial charge in [-0.2, -0.15) is 0 Å². The normalized spacial score (nSPS) is 12.8. The Morgan fingerprint density at radius 3 is 2.76 bits per heavy atom. The first-order valence-electron chi connectivity index (χ1n) is 6.23. The number of para-hydroxylation sites is 1. The lowest BCUT2D eigenvalue weighted by Gasteiger charge is -2.17. The van der Waals surface area contributed by atoms with Gasteiger partial charge in [0.2, 0.25) is 0 Å². The molecule has 90 valence electrons. The summed E-state index contributed by atoms with van der Waals surface area (Å²) in [4.78, 5) is 16.7. The fourth-order valence-corrected chi connectivity index (χ4v) is 2.22. The van der Waals surface area contributed by atoms with Crippen LogP contribution in [0.25, 0.3) is 10.9 Å². The standard InChI is InChI=1S/C14H18N2O/c1-3-7-11(4-2)16-10-15-13-9-6-5-8-12(13)14(16)17/h5-6,8-11H,3-4,7H2,1-2H3. The van der Waals surface area contributed by atoms with Crippen molar-refractivity contribution in [3.63, 3.8) is 0 Å². The highest BCUT2D eigenvalue weighted by molar-refractivity contribution is 5.76. The van der Waals surface area contributed by atoms with Gasteiger partial charge in [0.1, 0.15) is 0 Å². The van der Waals surface area contributed by atoms with Crippen LogP contribution in [0.5, 0.6) is 0 Å². The molecule has 0 aliphatic rings. The number of hydrogen-bond acceptors (Lipinski definition) is 2. The van der Waals surface area contributed by atoms with Crippen molar-refractivity contribution in [3.8, 4) is 0 Å². The van der Waals surface area contributed by atoms with Gasteiger partial charge in [0.15, 0.2) is 0 Å². The molecule has 1 unspecified atom stereocenters. The molecule has 1 aromatic heterocycles. The van der Waals surface area contributed by atoms with Gasteiger partial charge in [-0.15, -0.1) is 0 Å². The molecule has 0 radical (unpaired) electrons. The Labute approximate surface area is 101 Å². The van der Waals surface area contributed by atoms with Crippen LogP contribution in [0.4, 0.5) is 0 Å². The van der Waals surface area contributed by atoms with E-state index in [1.807, 2.05) is 24.3 Å². The maximum Gasteiger partial charge on any atom is 0.261 e. The molecule has 1 atom stereocenters. The molecule has 0 spiro atoms. The van der Waals surface area contributed by atoms with Crippen molar-refractivity contribution in [2.45, 2.75) is 39.2 Å². The molecule has 0 N–H and O–H groups in total.